The first-order chi connectivity index (χ1) is 40.5. The van der Waals surface area contributed by atoms with Crippen molar-refractivity contribution in [2.75, 3.05) is 0 Å². The fourth-order valence-electron chi connectivity index (χ4n) is 7.01. The number of aromatic carboxylic acids is 4. The fourth-order valence-corrected chi connectivity index (χ4v) is 7.01. The van der Waals surface area contributed by atoms with E-state index in [0.29, 0.717) is 0 Å². The topological polar surface area (TPSA) is 320 Å². The van der Waals surface area contributed by atoms with Crippen molar-refractivity contribution in [2.45, 2.75) is 0 Å². The highest BCUT2D eigenvalue weighted by Crippen LogP contribution is 2.46. The molecule has 0 saturated heterocycles. The largest absolute Gasteiger partial charge is 0.478 e. The Bertz CT molecular complexity index is 4200. The van der Waals surface area contributed by atoms with Crippen molar-refractivity contribution in [3.8, 4) is 46.6 Å². The highest BCUT2D eigenvalue weighted by molar-refractivity contribution is 6.16. The Balaban J connectivity index is 0.000000209. The van der Waals surface area contributed by atoms with E-state index in [1.54, 1.807) is 0 Å². The number of halogens is 18. The molecule has 0 amide bonds. The third kappa shape index (κ3) is 10.3. The number of ether oxygens (including phenoxy) is 5. The molecule has 0 aromatic heterocycles. The van der Waals surface area contributed by atoms with Crippen molar-refractivity contribution in [3.05, 3.63) is 183 Å². The summed E-state index contributed by atoms with van der Waals surface area (Å²) in [7, 11) is 0. The van der Waals surface area contributed by atoms with E-state index in [1.807, 2.05) is 0 Å². The van der Waals surface area contributed by atoms with Gasteiger partial charge in [-0.05, 0) is 0 Å². The molecule has 0 unspecified atom stereocenters. The minimum atomic E-state index is -2.63. The number of nitrogens with zero attached hydrogens (tertiary/aromatic N) is 4. The fraction of sp³-hybridized carbons (Fsp3) is 0. The Hall–Kier alpha value is -12.4. The third-order valence-electron chi connectivity index (χ3n) is 10.7. The van der Waals surface area contributed by atoms with Gasteiger partial charge in [-0.2, -0.15) is 32.5 Å². The molecule has 2 aliphatic heterocycles. The number of carboxylic acids is 4. The molecule has 0 fully saturated rings. The summed E-state index contributed by atoms with van der Waals surface area (Å²) in [6.45, 7) is 13.4. The predicted octanol–water partition coefficient (Wildman–Crippen LogP) is 11.2. The van der Waals surface area contributed by atoms with Crippen LogP contribution in [-0.2, 0) is 9.47 Å². The number of fused-ring (bicyclic) bond motifs is 2. The van der Waals surface area contributed by atoms with Crippen LogP contribution < -0.4 is 14.2 Å². The first-order valence-electron chi connectivity index (χ1n) is 20.8. The second-order valence-corrected chi connectivity index (χ2v) is 15.4. The van der Waals surface area contributed by atoms with Gasteiger partial charge in [-0.3, -0.25) is 0 Å². The number of benzene rings is 6. The number of esters is 4. The molecule has 0 bridgehead atoms. The van der Waals surface area contributed by atoms with Gasteiger partial charge in [0.2, 0.25) is 69.2 Å². The van der Waals surface area contributed by atoms with E-state index in [0.717, 1.165) is 12.1 Å². The van der Waals surface area contributed by atoms with Crippen molar-refractivity contribution < 1.29 is 161 Å². The van der Waals surface area contributed by atoms with Gasteiger partial charge < -0.3 is 44.1 Å². The SMILES string of the molecule is O=C(O)c1c(F)c(F)c(Oc2c(F)c(F)c(C(=O)O)c(C(=O)O)c2F)c(F)c1C(=O)O.O=C1OC(=O)c2c(F)c(Oc3c(F)c(F)c4c(c3F)C(=O)OC4=O)c(F)c(F)c21.[C-]#[N+]c1c(F)c(F)c(Oc2c(F)c(F)c(C#N)c(C#N)c2F)c(F)c1[N+]#[C-]. The summed E-state index contributed by atoms with van der Waals surface area (Å²) in [5, 5.41) is 52.7. The van der Waals surface area contributed by atoms with E-state index in [2.05, 4.69) is 33.4 Å². The van der Waals surface area contributed by atoms with E-state index in [-0.39, 0.29) is 0 Å². The zero-order chi connectivity index (χ0) is 65.8. The molecule has 2 heterocycles. The van der Waals surface area contributed by atoms with Gasteiger partial charge in [0.1, 0.15) is 67.8 Å². The van der Waals surface area contributed by atoms with Gasteiger partial charge in [0.25, 0.3) is 0 Å². The average molecular weight is 1250 g/mol. The summed E-state index contributed by atoms with van der Waals surface area (Å²) in [6, 6.07) is 2.09. The van der Waals surface area contributed by atoms with Crippen LogP contribution in [0.4, 0.5) is 90.4 Å². The zero-order valence-electron chi connectivity index (χ0n) is 39.7. The van der Waals surface area contributed by atoms with Crippen molar-refractivity contribution in [2.24, 2.45) is 0 Å². The Morgan fingerprint density at radius 3 is 0.874 bits per heavy atom. The van der Waals surface area contributed by atoms with Crippen LogP contribution in [0.3, 0.4) is 0 Å². The molecule has 21 nitrogen and oxygen atoms in total. The smallest absolute Gasteiger partial charge is 0.350 e. The lowest BCUT2D eigenvalue weighted by molar-refractivity contribution is 0.0422. The van der Waals surface area contributed by atoms with Crippen LogP contribution in [0.25, 0.3) is 9.69 Å². The summed E-state index contributed by atoms with van der Waals surface area (Å²) in [5.74, 6) is -69.9. The molecule has 0 saturated carbocycles. The van der Waals surface area contributed by atoms with Crippen molar-refractivity contribution in [1.29, 1.82) is 10.5 Å². The molecule has 87 heavy (non-hydrogen) atoms. The van der Waals surface area contributed by atoms with Crippen LogP contribution in [0.5, 0.6) is 34.5 Å². The van der Waals surface area contributed by atoms with Crippen LogP contribution >= 0.6 is 0 Å². The van der Waals surface area contributed by atoms with E-state index in [4.69, 9.17) is 44.1 Å². The summed E-state index contributed by atoms with van der Waals surface area (Å²) in [6.07, 6.45) is 0. The maximum absolute atomic E-state index is 14.4. The second kappa shape index (κ2) is 23.4. The highest BCUT2D eigenvalue weighted by Gasteiger charge is 2.45. The number of hydrogen-bond acceptors (Lipinski definition) is 15. The molecular weight excluding hydrogens is 1250 g/mol. The van der Waals surface area contributed by atoms with Gasteiger partial charge in [-0.1, -0.05) is 0 Å². The molecule has 39 heteroatoms. The minimum absolute atomic E-state index is 1.04. The highest BCUT2D eigenvalue weighted by atomic mass is 19.2. The van der Waals surface area contributed by atoms with Gasteiger partial charge in [0.05, 0.1) is 13.1 Å². The summed E-state index contributed by atoms with van der Waals surface area (Å²) in [5.41, 5.74) is -19.2. The number of hydrogen-bond donors (Lipinski definition) is 4. The van der Waals surface area contributed by atoms with Gasteiger partial charge in [0, 0.05) is 0 Å². The van der Waals surface area contributed by atoms with Gasteiger partial charge in [-0.25, -0.2) is 105 Å². The summed E-state index contributed by atoms with van der Waals surface area (Å²) < 4.78 is 274. The lowest BCUT2D eigenvalue weighted by Gasteiger charge is -2.15. The quantitative estimate of drug-likeness (QED) is 0.0325. The molecular formula is C48H4F18N4O17. The predicted molar refractivity (Wildman–Crippen MR) is 227 cm³/mol. The van der Waals surface area contributed by atoms with Gasteiger partial charge in [-0.15, -0.1) is 0 Å². The Labute approximate surface area is 460 Å². The molecule has 6 aromatic rings. The van der Waals surface area contributed by atoms with Gasteiger partial charge in [0.15, 0.2) is 81.4 Å². The number of nitriles is 2. The van der Waals surface area contributed by atoms with E-state index in [9.17, 15) is 117 Å². The number of cyclic esters (lactones) is 4. The Kier molecular flexibility index (Phi) is 17.2. The van der Waals surface area contributed by atoms with Crippen molar-refractivity contribution in [3.63, 3.8) is 0 Å². The lowest BCUT2D eigenvalue weighted by atomic mass is 10.0. The molecule has 0 radical (unpaired) electrons. The Morgan fingerprint density at radius 2 is 0.563 bits per heavy atom. The van der Waals surface area contributed by atoms with Crippen LogP contribution in [0.2, 0.25) is 0 Å². The number of carbonyl (C=O) groups is 8. The van der Waals surface area contributed by atoms with Crippen LogP contribution in [-0.4, -0.2) is 68.2 Å². The van der Waals surface area contributed by atoms with Crippen LogP contribution in [0.15, 0.2) is 0 Å². The van der Waals surface area contributed by atoms with E-state index in [1.165, 1.54) is 0 Å². The standard InChI is InChI=1S/C16F6N4O.C16H4F6O9.C16F6O7/c1-25-13-9(19)11(21)16(12(22)14(13)26-2)27-15-8(18)6(4-24)5(3-23)7(17)10(15)20;17-5-1(13(23)24)3(15(27)28)7(19)11(9(5)21)31-12-8(20)4(16(29)30)2(14(25)26)6(18)10(12)22;17-5-1-3(15(25)28-13(1)23)7(19)11(9(5)21)27-12-8(20)4-2(6(18)10(12)22)14(24)29-16(4)26/h;(H,23,24)(H,25,26)(H,27,28)(H,29,30);. The van der Waals surface area contributed by atoms with E-state index < -0.39 is 254 Å². The van der Waals surface area contributed by atoms with E-state index >= 15 is 0 Å². The van der Waals surface area contributed by atoms with Crippen molar-refractivity contribution in [1.82, 2.24) is 0 Å². The first kappa shape index (κ1) is 63.8. The maximum Gasteiger partial charge on any atom is 0.350 e. The number of rotatable bonds is 10. The molecule has 4 N–H and O–H groups in total. The zero-order valence-corrected chi connectivity index (χ0v) is 39.7. The van der Waals surface area contributed by atoms with Crippen molar-refractivity contribution >= 4 is 59.1 Å². The average Bonchev–Trinajstić information content (AvgIpc) is 1.76. The Morgan fingerprint density at radius 1 is 0.333 bits per heavy atom. The summed E-state index contributed by atoms with van der Waals surface area (Å²) in [4.78, 5) is 94.4. The lowest BCUT2D eigenvalue weighted by Crippen LogP contribution is -2.18. The summed E-state index contributed by atoms with van der Waals surface area (Å²) >= 11 is 0. The second-order valence-electron chi connectivity index (χ2n) is 15.4. The molecule has 6 aromatic carbocycles. The molecule has 444 valence electrons. The molecule has 2 aliphatic rings. The normalized spacial score (nSPS) is 11.7. The maximum atomic E-state index is 14.4. The third-order valence-corrected chi connectivity index (χ3v) is 10.7. The minimum Gasteiger partial charge on any atom is -0.478 e. The monoisotopic (exact) mass is 1250 g/mol. The van der Waals surface area contributed by atoms with Gasteiger partial charge >= 0.3 is 47.8 Å². The number of carbonyl (C=O) groups excluding carboxylic acids is 4. The molecule has 8 rings (SSSR count). The molecule has 0 spiro atoms. The number of carboxylic acid groups (broad SMARTS) is 4. The van der Waals surface area contributed by atoms with Crippen LogP contribution in [0.1, 0.15) is 94.0 Å². The molecule has 0 aliphatic carbocycles. The first-order valence-corrected chi connectivity index (χ1v) is 20.8. The molecule has 0 atom stereocenters. The van der Waals surface area contributed by atoms with Crippen LogP contribution in [0, 0.1) is 141 Å².